The Morgan fingerprint density at radius 1 is 1.33 bits per heavy atom. The van der Waals surface area contributed by atoms with E-state index in [0.29, 0.717) is 0 Å². The summed E-state index contributed by atoms with van der Waals surface area (Å²) in [6, 6.07) is 9.21. The number of carbonyl (C=O) groups is 1. The van der Waals surface area contributed by atoms with Crippen molar-refractivity contribution >= 4 is 5.97 Å². The number of hydrogen-bond acceptors (Lipinski definition) is 2. The van der Waals surface area contributed by atoms with Crippen molar-refractivity contribution in [2.45, 2.75) is 33.5 Å². The number of alkyl halides is 1. The molecule has 0 aliphatic carbocycles. The van der Waals surface area contributed by atoms with Crippen molar-refractivity contribution in [3.8, 4) is 0 Å². The summed E-state index contributed by atoms with van der Waals surface area (Å²) < 4.78 is 18.4. The molecular formula is C15H19FO2. The molecule has 1 aromatic carbocycles. The van der Waals surface area contributed by atoms with Gasteiger partial charge < -0.3 is 4.74 Å². The van der Waals surface area contributed by atoms with Crippen LogP contribution >= 0.6 is 0 Å². The Bertz CT molecular complexity index is 404. The van der Waals surface area contributed by atoms with Gasteiger partial charge in [0.05, 0.1) is 0 Å². The summed E-state index contributed by atoms with van der Waals surface area (Å²) in [6.45, 7) is 5.91. The lowest BCUT2D eigenvalue weighted by Gasteiger charge is -2.12. The SMILES string of the molecule is CC(C)(C)/C=C/[C@@H](F)C(=O)OCc1ccccc1. The fraction of sp³-hybridized carbons (Fsp3) is 0.400. The second-order valence-electron chi connectivity index (χ2n) is 5.22. The lowest BCUT2D eigenvalue weighted by atomic mass is 9.96. The van der Waals surface area contributed by atoms with E-state index >= 15 is 0 Å². The Labute approximate surface area is 107 Å². The molecular weight excluding hydrogens is 231 g/mol. The van der Waals surface area contributed by atoms with Gasteiger partial charge in [0.15, 0.2) is 0 Å². The molecule has 0 N–H and O–H groups in total. The van der Waals surface area contributed by atoms with E-state index in [0.717, 1.165) is 5.56 Å². The summed E-state index contributed by atoms with van der Waals surface area (Å²) in [5.74, 6) is -0.848. The molecule has 1 rings (SSSR count). The molecule has 98 valence electrons. The summed E-state index contributed by atoms with van der Waals surface area (Å²) in [4.78, 5) is 11.4. The second-order valence-corrected chi connectivity index (χ2v) is 5.22. The van der Waals surface area contributed by atoms with Gasteiger partial charge in [0.2, 0.25) is 6.17 Å². The molecule has 18 heavy (non-hydrogen) atoms. The van der Waals surface area contributed by atoms with Gasteiger partial charge in [-0.2, -0.15) is 0 Å². The molecule has 0 aliphatic heterocycles. The van der Waals surface area contributed by atoms with Crippen LogP contribution < -0.4 is 0 Å². The van der Waals surface area contributed by atoms with Crippen LogP contribution in [0.3, 0.4) is 0 Å². The fourth-order valence-electron chi connectivity index (χ4n) is 1.26. The summed E-state index contributed by atoms with van der Waals surface area (Å²) in [7, 11) is 0. The van der Waals surface area contributed by atoms with E-state index in [1.54, 1.807) is 6.08 Å². The van der Waals surface area contributed by atoms with E-state index < -0.39 is 12.1 Å². The smallest absolute Gasteiger partial charge is 0.345 e. The highest BCUT2D eigenvalue weighted by Crippen LogP contribution is 2.16. The average molecular weight is 250 g/mol. The fourth-order valence-corrected chi connectivity index (χ4v) is 1.26. The molecule has 0 saturated heterocycles. The molecule has 0 saturated carbocycles. The van der Waals surface area contributed by atoms with E-state index in [2.05, 4.69) is 0 Å². The normalized spacial score (nSPS) is 13.6. The molecule has 0 fully saturated rings. The summed E-state index contributed by atoms with van der Waals surface area (Å²) in [6.07, 6.45) is 1.21. The minimum atomic E-state index is -1.70. The molecule has 0 amide bonds. The highest BCUT2D eigenvalue weighted by Gasteiger charge is 2.16. The number of hydrogen-bond donors (Lipinski definition) is 0. The maximum atomic E-state index is 13.5. The zero-order chi connectivity index (χ0) is 13.6. The van der Waals surface area contributed by atoms with Gasteiger partial charge in [-0.1, -0.05) is 57.2 Å². The average Bonchev–Trinajstić information content (AvgIpc) is 2.33. The lowest BCUT2D eigenvalue weighted by molar-refractivity contribution is -0.149. The first-order chi connectivity index (χ1) is 8.38. The monoisotopic (exact) mass is 250 g/mol. The van der Waals surface area contributed by atoms with Gasteiger partial charge >= 0.3 is 5.97 Å². The molecule has 2 nitrogen and oxygen atoms in total. The van der Waals surface area contributed by atoms with Gasteiger partial charge in [0.1, 0.15) is 6.61 Å². The number of rotatable bonds is 4. The van der Waals surface area contributed by atoms with Crippen LogP contribution in [0.1, 0.15) is 26.3 Å². The molecule has 0 radical (unpaired) electrons. The Morgan fingerprint density at radius 2 is 1.94 bits per heavy atom. The number of esters is 1. The van der Waals surface area contributed by atoms with Crippen LogP contribution in [0, 0.1) is 5.41 Å². The Balaban J connectivity index is 2.44. The third-order valence-corrected chi connectivity index (χ3v) is 2.21. The van der Waals surface area contributed by atoms with Crippen LogP contribution in [0.25, 0.3) is 0 Å². The Morgan fingerprint density at radius 3 is 2.50 bits per heavy atom. The first-order valence-corrected chi connectivity index (χ1v) is 5.92. The van der Waals surface area contributed by atoms with Crippen LogP contribution in [0.5, 0.6) is 0 Å². The van der Waals surface area contributed by atoms with Crippen LogP contribution in [0.2, 0.25) is 0 Å². The molecule has 3 heteroatoms. The molecule has 0 aliphatic rings. The van der Waals surface area contributed by atoms with Gasteiger partial charge in [-0.3, -0.25) is 0 Å². The predicted molar refractivity (Wildman–Crippen MR) is 69.7 cm³/mol. The van der Waals surface area contributed by atoms with Gasteiger partial charge in [-0.15, -0.1) is 0 Å². The maximum absolute atomic E-state index is 13.5. The molecule has 0 spiro atoms. The number of halogens is 1. The minimum Gasteiger partial charge on any atom is -0.458 e. The van der Waals surface area contributed by atoms with Crippen LogP contribution in [0.15, 0.2) is 42.5 Å². The van der Waals surface area contributed by atoms with E-state index in [1.807, 2.05) is 51.1 Å². The van der Waals surface area contributed by atoms with Crippen molar-refractivity contribution < 1.29 is 13.9 Å². The van der Waals surface area contributed by atoms with E-state index in [1.165, 1.54) is 6.08 Å². The number of allylic oxidation sites excluding steroid dienone is 1. The zero-order valence-electron chi connectivity index (χ0n) is 11.0. The molecule has 0 bridgehead atoms. The van der Waals surface area contributed by atoms with Gasteiger partial charge in [-0.05, 0) is 17.1 Å². The van der Waals surface area contributed by atoms with Crippen molar-refractivity contribution in [3.05, 3.63) is 48.0 Å². The third kappa shape index (κ3) is 5.62. The number of ether oxygens (including phenoxy) is 1. The maximum Gasteiger partial charge on any atom is 0.345 e. The largest absolute Gasteiger partial charge is 0.458 e. The number of carbonyl (C=O) groups excluding carboxylic acids is 1. The van der Waals surface area contributed by atoms with E-state index in [4.69, 9.17) is 4.74 Å². The highest BCUT2D eigenvalue weighted by molar-refractivity contribution is 5.76. The number of benzene rings is 1. The quantitative estimate of drug-likeness (QED) is 0.602. The molecule has 0 heterocycles. The summed E-state index contributed by atoms with van der Waals surface area (Å²) in [5.41, 5.74) is 0.696. The second kappa shape index (κ2) is 6.34. The van der Waals surface area contributed by atoms with Gasteiger partial charge in [0, 0.05) is 0 Å². The predicted octanol–water partition coefficient (Wildman–Crippen LogP) is 3.67. The Hall–Kier alpha value is -1.64. The first-order valence-electron chi connectivity index (χ1n) is 5.92. The van der Waals surface area contributed by atoms with Crippen molar-refractivity contribution in [2.75, 3.05) is 0 Å². The topological polar surface area (TPSA) is 26.3 Å². The zero-order valence-corrected chi connectivity index (χ0v) is 11.0. The minimum absolute atomic E-state index is 0.101. The van der Waals surface area contributed by atoms with Crippen LogP contribution in [-0.4, -0.2) is 12.1 Å². The van der Waals surface area contributed by atoms with Crippen molar-refractivity contribution in [3.63, 3.8) is 0 Å². The van der Waals surface area contributed by atoms with Crippen molar-refractivity contribution in [1.82, 2.24) is 0 Å². The van der Waals surface area contributed by atoms with Crippen molar-refractivity contribution in [1.29, 1.82) is 0 Å². The van der Waals surface area contributed by atoms with Gasteiger partial charge in [-0.25, -0.2) is 9.18 Å². The van der Waals surface area contributed by atoms with E-state index in [9.17, 15) is 9.18 Å². The van der Waals surface area contributed by atoms with Crippen LogP contribution in [-0.2, 0) is 16.1 Å². The molecule has 1 aromatic rings. The summed E-state index contributed by atoms with van der Waals surface area (Å²) in [5, 5.41) is 0. The van der Waals surface area contributed by atoms with E-state index in [-0.39, 0.29) is 12.0 Å². The van der Waals surface area contributed by atoms with Crippen LogP contribution in [0.4, 0.5) is 4.39 Å². The standard InChI is InChI=1S/C15H19FO2/c1-15(2,3)10-9-13(16)14(17)18-11-12-7-5-4-6-8-12/h4-10,13H,11H2,1-3H3/b10-9+/t13-/m1/s1. The molecule has 0 aromatic heterocycles. The van der Waals surface area contributed by atoms with Gasteiger partial charge in [0.25, 0.3) is 0 Å². The highest BCUT2D eigenvalue weighted by atomic mass is 19.1. The summed E-state index contributed by atoms with van der Waals surface area (Å²) >= 11 is 0. The lowest BCUT2D eigenvalue weighted by Crippen LogP contribution is -2.17. The first kappa shape index (κ1) is 14.4. The Kier molecular flexibility index (Phi) is 5.08. The molecule has 0 unspecified atom stereocenters. The van der Waals surface area contributed by atoms with Crippen molar-refractivity contribution in [2.24, 2.45) is 5.41 Å². The molecule has 1 atom stereocenters. The third-order valence-electron chi connectivity index (χ3n) is 2.21.